The molecular formula is C20H19Cl2FN2O2S. The molecule has 4 nitrogen and oxygen atoms in total. The average molecular weight is 441 g/mol. The van der Waals surface area contributed by atoms with Gasteiger partial charge in [0.15, 0.2) is 0 Å². The highest BCUT2D eigenvalue weighted by Gasteiger charge is 2.42. The minimum absolute atomic E-state index is 0.211. The fraction of sp³-hybridized carbons (Fsp3) is 0.300. The minimum atomic E-state index is -0.647. The van der Waals surface area contributed by atoms with Crippen molar-refractivity contribution in [3.63, 3.8) is 0 Å². The van der Waals surface area contributed by atoms with E-state index in [-0.39, 0.29) is 28.2 Å². The fourth-order valence-electron chi connectivity index (χ4n) is 3.01. The Morgan fingerprint density at radius 1 is 1.21 bits per heavy atom. The third-order valence-electron chi connectivity index (χ3n) is 4.40. The third-order valence-corrected chi connectivity index (χ3v) is 6.27. The Morgan fingerprint density at radius 3 is 2.57 bits per heavy atom. The van der Waals surface area contributed by atoms with Gasteiger partial charge >= 0.3 is 0 Å². The van der Waals surface area contributed by atoms with Gasteiger partial charge in [0.25, 0.3) is 5.91 Å². The molecule has 3 rings (SSSR count). The number of rotatable bonds is 5. The number of nitrogens with one attached hydrogen (secondary N) is 1. The maximum absolute atomic E-state index is 13.3. The zero-order chi connectivity index (χ0) is 20.3. The highest BCUT2D eigenvalue weighted by molar-refractivity contribution is 7.99. The van der Waals surface area contributed by atoms with Gasteiger partial charge in [-0.1, -0.05) is 42.3 Å². The summed E-state index contributed by atoms with van der Waals surface area (Å²) in [5, 5.41) is 3.08. The largest absolute Gasteiger partial charge is 0.354 e. The molecule has 1 fully saturated rings. The number of thioether (sulfide) groups is 1. The summed E-state index contributed by atoms with van der Waals surface area (Å²) < 4.78 is 13.3. The van der Waals surface area contributed by atoms with Gasteiger partial charge in [-0.2, -0.15) is 0 Å². The van der Waals surface area contributed by atoms with Crippen LogP contribution in [0.1, 0.15) is 34.6 Å². The zero-order valence-electron chi connectivity index (χ0n) is 15.1. The monoisotopic (exact) mass is 440 g/mol. The maximum Gasteiger partial charge on any atom is 0.257 e. The van der Waals surface area contributed by atoms with E-state index in [1.165, 1.54) is 34.9 Å². The SMILES string of the molecule is CCCNC(=O)C1CSC(c2ccc(F)cc2)N1C(=O)c1ccc(Cl)cc1Cl. The van der Waals surface area contributed by atoms with Gasteiger partial charge in [0.1, 0.15) is 17.2 Å². The Bertz CT molecular complexity index is 879. The van der Waals surface area contributed by atoms with Gasteiger partial charge in [0, 0.05) is 17.3 Å². The van der Waals surface area contributed by atoms with Gasteiger partial charge in [0.05, 0.1) is 10.6 Å². The van der Waals surface area contributed by atoms with E-state index < -0.39 is 11.4 Å². The molecule has 2 aromatic rings. The smallest absolute Gasteiger partial charge is 0.257 e. The first-order valence-electron chi connectivity index (χ1n) is 8.85. The van der Waals surface area contributed by atoms with Gasteiger partial charge in [-0.25, -0.2) is 4.39 Å². The van der Waals surface area contributed by atoms with Crippen LogP contribution in [0.5, 0.6) is 0 Å². The summed E-state index contributed by atoms with van der Waals surface area (Å²) in [5.41, 5.74) is 1.02. The fourth-order valence-corrected chi connectivity index (χ4v) is 4.93. The predicted octanol–water partition coefficient (Wildman–Crippen LogP) is 4.92. The van der Waals surface area contributed by atoms with Crippen LogP contribution in [-0.2, 0) is 4.79 Å². The van der Waals surface area contributed by atoms with E-state index in [2.05, 4.69) is 5.32 Å². The summed E-state index contributed by atoms with van der Waals surface area (Å²) in [6, 6.07) is 9.94. The lowest BCUT2D eigenvalue weighted by Crippen LogP contribution is -2.48. The molecule has 1 aliphatic heterocycles. The van der Waals surface area contributed by atoms with E-state index in [4.69, 9.17) is 23.2 Å². The molecule has 0 bridgehead atoms. The van der Waals surface area contributed by atoms with E-state index in [9.17, 15) is 14.0 Å². The second kappa shape index (κ2) is 9.16. The van der Waals surface area contributed by atoms with Crippen molar-refractivity contribution in [2.24, 2.45) is 0 Å². The molecule has 8 heteroatoms. The number of amides is 2. The van der Waals surface area contributed by atoms with Crippen molar-refractivity contribution >= 4 is 46.8 Å². The van der Waals surface area contributed by atoms with E-state index in [1.54, 1.807) is 24.3 Å². The molecule has 2 atom stereocenters. The number of halogens is 3. The first-order valence-corrected chi connectivity index (χ1v) is 10.6. The van der Waals surface area contributed by atoms with Crippen LogP contribution in [0, 0.1) is 5.82 Å². The third kappa shape index (κ3) is 4.45. The molecule has 2 amide bonds. The number of carbonyl (C=O) groups is 2. The van der Waals surface area contributed by atoms with Crippen molar-refractivity contribution in [3.8, 4) is 0 Å². The van der Waals surface area contributed by atoms with Gasteiger partial charge in [-0.05, 0) is 42.3 Å². The molecule has 0 aliphatic carbocycles. The Balaban J connectivity index is 1.97. The molecule has 0 saturated carbocycles. The van der Waals surface area contributed by atoms with Gasteiger partial charge in [0.2, 0.25) is 5.91 Å². The van der Waals surface area contributed by atoms with Crippen LogP contribution in [0.3, 0.4) is 0 Å². The van der Waals surface area contributed by atoms with Crippen LogP contribution in [-0.4, -0.2) is 35.1 Å². The number of hydrogen-bond donors (Lipinski definition) is 1. The first-order chi connectivity index (χ1) is 13.4. The van der Waals surface area contributed by atoms with Crippen molar-refractivity contribution in [2.45, 2.75) is 24.8 Å². The lowest BCUT2D eigenvalue weighted by molar-refractivity contribution is -0.124. The average Bonchev–Trinajstić information content (AvgIpc) is 3.11. The van der Waals surface area contributed by atoms with E-state index >= 15 is 0 Å². The van der Waals surface area contributed by atoms with Crippen LogP contribution in [0.15, 0.2) is 42.5 Å². The topological polar surface area (TPSA) is 49.4 Å². The molecule has 0 spiro atoms. The van der Waals surface area contributed by atoms with Crippen LogP contribution in [0.2, 0.25) is 10.0 Å². The second-order valence-electron chi connectivity index (χ2n) is 6.38. The molecule has 28 heavy (non-hydrogen) atoms. The van der Waals surface area contributed by atoms with Gasteiger partial charge < -0.3 is 10.2 Å². The summed E-state index contributed by atoms with van der Waals surface area (Å²) in [4.78, 5) is 27.6. The lowest BCUT2D eigenvalue weighted by atomic mass is 10.1. The number of nitrogens with zero attached hydrogens (tertiary/aromatic N) is 1. The van der Waals surface area contributed by atoms with Crippen molar-refractivity contribution in [1.82, 2.24) is 10.2 Å². The standard InChI is InChI=1S/C20H19Cl2FN2O2S/c1-2-9-24-18(26)17-11-28-20(12-3-6-14(23)7-4-12)25(17)19(27)15-8-5-13(21)10-16(15)22/h3-8,10,17,20H,2,9,11H2,1H3,(H,24,26). The molecule has 2 aromatic carbocycles. The Labute approximate surface area is 177 Å². The summed E-state index contributed by atoms with van der Waals surface area (Å²) in [6.45, 7) is 2.49. The Kier molecular flexibility index (Phi) is 6.86. The van der Waals surface area contributed by atoms with E-state index in [0.717, 1.165) is 12.0 Å². The zero-order valence-corrected chi connectivity index (χ0v) is 17.5. The van der Waals surface area contributed by atoms with Crippen molar-refractivity contribution < 1.29 is 14.0 Å². The highest BCUT2D eigenvalue weighted by atomic mass is 35.5. The number of benzene rings is 2. The summed E-state index contributed by atoms with van der Waals surface area (Å²) >= 11 is 13.6. The molecule has 1 N–H and O–H groups in total. The molecule has 0 aromatic heterocycles. The van der Waals surface area contributed by atoms with Crippen LogP contribution in [0.25, 0.3) is 0 Å². The molecule has 148 valence electrons. The second-order valence-corrected chi connectivity index (χ2v) is 8.34. The first kappa shape index (κ1) is 21.0. The maximum atomic E-state index is 13.3. The quantitative estimate of drug-likeness (QED) is 0.717. The predicted molar refractivity (Wildman–Crippen MR) is 111 cm³/mol. The minimum Gasteiger partial charge on any atom is -0.354 e. The summed E-state index contributed by atoms with van der Waals surface area (Å²) in [6.07, 6.45) is 0.796. The molecular weight excluding hydrogens is 422 g/mol. The lowest BCUT2D eigenvalue weighted by Gasteiger charge is -2.29. The Morgan fingerprint density at radius 2 is 1.93 bits per heavy atom. The van der Waals surface area contributed by atoms with E-state index in [1.807, 2.05) is 6.92 Å². The molecule has 1 saturated heterocycles. The van der Waals surface area contributed by atoms with Crippen molar-refractivity contribution in [3.05, 3.63) is 69.5 Å². The van der Waals surface area contributed by atoms with Crippen LogP contribution >= 0.6 is 35.0 Å². The normalized spacial score (nSPS) is 18.9. The highest BCUT2D eigenvalue weighted by Crippen LogP contribution is 2.43. The van der Waals surface area contributed by atoms with Gasteiger partial charge in [-0.3, -0.25) is 9.59 Å². The summed E-state index contributed by atoms with van der Waals surface area (Å²) in [7, 11) is 0. The van der Waals surface area contributed by atoms with E-state index in [0.29, 0.717) is 17.3 Å². The number of hydrogen-bond acceptors (Lipinski definition) is 3. The van der Waals surface area contributed by atoms with Crippen molar-refractivity contribution in [2.75, 3.05) is 12.3 Å². The molecule has 0 radical (unpaired) electrons. The van der Waals surface area contributed by atoms with Crippen molar-refractivity contribution in [1.29, 1.82) is 0 Å². The molecule has 1 heterocycles. The Hall–Kier alpha value is -1.76. The van der Waals surface area contributed by atoms with Crippen LogP contribution < -0.4 is 5.32 Å². The molecule has 2 unspecified atom stereocenters. The van der Waals surface area contributed by atoms with Crippen LogP contribution in [0.4, 0.5) is 4.39 Å². The van der Waals surface area contributed by atoms with Gasteiger partial charge in [-0.15, -0.1) is 11.8 Å². The number of carbonyl (C=O) groups excluding carboxylic acids is 2. The molecule has 1 aliphatic rings. The summed E-state index contributed by atoms with van der Waals surface area (Å²) in [5.74, 6) is -0.494.